The summed E-state index contributed by atoms with van der Waals surface area (Å²) in [6.45, 7) is 3.65. The number of aromatic nitrogens is 2. The Morgan fingerprint density at radius 1 is 1.16 bits per heavy atom. The number of amides is 1. The summed E-state index contributed by atoms with van der Waals surface area (Å²) in [4.78, 5) is 20.9. The van der Waals surface area contributed by atoms with Crippen LogP contribution in [0.4, 0.5) is 5.69 Å². The summed E-state index contributed by atoms with van der Waals surface area (Å²) in [5, 5.41) is 3.57. The molecule has 0 aliphatic rings. The summed E-state index contributed by atoms with van der Waals surface area (Å²) in [5.41, 5.74) is 2.01. The van der Waals surface area contributed by atoms with E-state index in [-0.39, 0.29) is 5.91 Å². The van der Waals surface area contributed by atoms with Crippen LogP contribution in [-0.2, 0) is 0 Å². The van der Waals surface area contributed by atoms with Gasteiger partial charge in [0.2, 0.25) is 0 Å². The zero-order chi connectivity index (χ0) is 13.8. The molecule has 98 valence electrons. The van der Waals surface area contributed by atoms with Crippen LogP contribution in [0.25, 0.3) is 0 Å². The molecule has 1 aromatic carbocycles. The van der Waals surface area contributed by atoms with Gasteiger partial charge in [0.05, 0.1) is 11.3 Å². The number of aryl methyl sites for hydroxylation is 2. The summed E-state index contributed by atoms with van der Waals surface area (Å²) < 4.78 is 0. The topological polar surface area (TPSA) is 54.9 Å². The summed E-state index contributed by atoms with van der Waals surface area (Å²) >= 11 is 1.45. The Morgan fingerprint density at radius 2 is 1.84 bits per heavy atom. The maximum Gasteiger partial charge on any atom is 0.260 e. The molecule has 0 unspecified atom stereocenters. The quantitative estimate of drug-likeness (QED) is 0.689. The van der Waals surface area contributed by atoms with Gasteiger partial charge in [0, 0.05) is 5.69 Å². The van der Waals surface area contributed by atoms with Gasteiger partial charge in [-0.1, -0.05) is 18.2 Å². The van der Waals surface area contributed by atoms with E-state index < -0.39 is 0 Å². The molecule has 1 heterocycles. The average Bonchev–Trinajstić information content (AvgIpc) is 2.38. The lowest BCUT2D eigenvalue weighted by molar-refractivity contribution is 0.102. The number of nitrogens with zero attached hydrogens (tertiary/aromatic N) is 2. The van der Waals surface area contributed by atoms with Gasteiger partial charge in [0.25, 0.3) is 5.91 Å². The Balaban J connectivity index is 2.34. The third-order valence-corrected chi connectivity index (χ3v) is 3.30. The van der Waals surface area contributed by atoms with Crippen molar-refractivity contribution >= 4 is 23.4 Å². The molecule has 0 saturated carbocycles. The molecular weight excluding hydrogens is 258 g/mol. The van der Waals surface area contributed by atoms with Crippen LogP contribution in [0.3, 0.4) is 0 Å². The molecule has 0 fully saturated rings. The third kappa shape index (κ3) is 3.12. The van der Waals surface area contributed by atoms with Crippen molar-refractivity contribution in [3.63, 3.8) is 0 Å². The van der Waals surface area contributed by atoms with Crippen LogP contribution >= 0.6 is 11.8 Å². The second-order valence-electron chi connectivity index (χ2n) is 4.06. The first-order valence-corrected chi connectivity index (χ1v) is 7.10. The minimum absolute atomic E-state index is 0.173. The number of hydrogen-bond donors (Lipinski definition) is 1. The molecule has 1 N–H and O–H groups in total. The Bertz CT molecular complexity index is 599. The second-order valence-corrected chi connectivity index (χ2v) is 4.86. The fourth-order valence-electron chi connectivity index (χ4n) is 1.81. The summed E-state index contributed by atoms with van der Waals surface area (Å²) in [6, 6.07) is 9.36. The van der Waals surface area contributed by atoms with E-state index in [0.29, 0.717) is 22.1 Å². The highest BCUT2D eigenvalue weighted by atomic mass is 32.2. The van der Waals surface area contributed by atoms with Crippen molar-refractivity contribution in [1.82, 2.24) is 9.97 Å². The van der Waals surface area contributed by atoms with E-state index in [1.807, 2.05) is 50.4 Å². The molecule has 0 aliphatic heterocycles. The van der Waals surface area contributed by atoms with Crippen LogP contribution in [0.5, 0.6) is 0 Å². The van der Waals surface area contributed by atoms with Gasteiger partial charge < -0.3 is 5.32 Å². The van der Waals surface area contributed by atoms with Gasteiger partial charge in [-0.05, 0) is 32.2 Å². The number of carbonyl (C=O) groups excluding carboxylic acids is 1. The number of carbonyl (C=O) groups is 1. The molecule has 0 spiro atoms. The number of para-hydroxylation sites is 1. The van der Waals surface area contributed by atoms with Crippen molar-refractivity contribution in [2.45, 2.75) is 18.9 Å². The predicted molar refractivity (Wildman–Crippen MR) is 77.7 cm³/mol. The fraction of sp³-hybridized carbons (Fsp3) is 0.214. The molecular formula is C14H15N3OS. The highest BCUT2D eigenvalue weighted by Crippen LogP contribution is 2.21. The normalized spacial score (nSPS) is 10.3. The monoisotopic (exact) mass is 273 g/mol. The van der Waals surface area contributed by atoms with Crippen molar-refractivity contribution in [3.8, 4) is 0 Å². The van der Waals surface area contributed by atoms with Crippen molar-refractivity contribution in [2.24, 2.45) is 0 Å². The zero-order valence-corrected chi connectivity index (χ0v) is 11.9. The number of anilines is 1. The highest BCUT2D eigenvalue weighted by Gasteiger charge is 2.17. The van der Waals surface area contributed by atoms with Gasteiger partial charge >= 0.3 is 0 Å². The largest absolute Gasteiger partial charge is 0.322 e. The highest BCUT2D eigenvalue weighted by molar-refractivity contribution is 7.98. The minimum atomic E-state index is -0.173. The lowest BCUT2D eigenvalue weighted by atomic mass is 10.2. The first-order valence-electron chi connectivity index (χ1n) is 5.87. The van der Waals surface area contributed by atoms with Crippen LogP contribution in [-0.4, -0.2) is 22.1 Å². The first-order chi connectivity index (χ1) is 9.11. The lowest BCUT2D eigenvalue weighted by Crippen LogP contribution is -2.16. The Morgan fingerprint density at radius 3 is 2.47 bits per heavy atom. The van der Waals surface area contributed by atoms with E-state index in [9.17, 15) is 4.79 Å². The maximum absolute atomic E-state index is 12.3. The van der Waals surface area contributed by atoms with Crippen LogP contribution in [0.15, 0.2) is 35.4 Å². The SMILES string of the molecule is CSc1nc(C)nc(C)c1C(=O)Nc1ccccc1. The van der Waals surface area contributed by atoms with Crippen LogP contribution in [0, 0.1) is 13.8 Å². The standard InChI is InChI=1S/C14H15N3OS/c1-9-12(14(19-3)16-10(2)15-9)13(18)17-11-7-5-4-6-8-11/h4-8H,1-3H3,(H,17,18). The molecule has 1 aromatic heterocycles. The van der Waals surface area contributed by atoms with Crippen molar-refractivity contribution in [3.05, 3.63) is 47.4 Å². The molecule has 2 aromatic rings. The maximum atomic E-state index is 12.3. The van der Waals surface area contributed by atoms with Gasteiger partial charge in [0.15, 0.2) is 0 Å². The van der Waals surface area contributed by atoms with E-state index in [1.165, 1.54) is 11.8 Å². The smallest absolute Gasteiger partial charge is 0.260 e. The molecule has 0 aliphatic carbocycles. The third-order valence-electron chi connectivity index (χ3n) is 2.62. The van der Waals surface area contributed by atoms with Gasteiger partial charge in [-0.2, -0.15) is 0 Å². The van der Waals surface area contributed by atoms with Crippen molar-refractivity contribution in [1.29, 1.82) is 0 Å². The Hall–Kier alpha value is -1.88. The molecule has 0 saturated heterocycles. The molecule has 2 rings (SSSR count). The van der Waals surface area contributed by atoms with Gasteiger partial charge in [0.1, 0.15) is 10.9 Å². The first kappa shape index (κ1) is 13.5. The molecule has 0 radical (unpaired) electrons. The molecule has 0 atom stereocenters. The van der Waals surface area contributed by atoms with Crippen molar-refractivity contribution < 1.29 is 4.79 Å². The number of benzene rings is 1. The summed E-state index contributed by atoms with van der Waals surface area (Å²) in [6.07, 6.45) is 1.90. The second kappa shape index (κ2) is 5.84. The van der Waals surface area contributed by atoms with Crippen LogP contribution in [0.2, 0.25) is 0 Å². The van der Waals surface area contributed by atoms with Crippen LogP contribution in [0.1, 0.15) is 21.9 Å². The molecule has 5 heteroatoms. The average molecular weight is 273 g/mol. The van der Waals surface area contributed by atoms with Crippen LogP contribution < -0.4 is 5.32 Å². The number of rotatable bonds is 3. The number of thioether (sulfide) groups is 1. The molecule has 19 heavy (non-hydrogen) atoms. The molecule has 4 nitrogen and oxygen atoms in total. The Labute approximate surface area is 116 Å². The van der Waals surface area contributed by atoms with Crippen molar-refractivity contribution in [2.75, 3.05) is 11.6 Å². The van der Waals surface area contributed by atoms with E-state index >= 15 is 0 Å². The zero-order valence-electron chi connectivity index (χ0n) is 11.1. The summed E-state index contributed by atoms with van der Waals surface area (Å²) in [5.74, 6) is 0.506. The van der Waals surface area contributed by atoms with E-state index in [0.717, 1.165) is 5.69 Å². The van der Waals surface area contributed by atoms with Gasteiger partial charge in [-0.15, -0.1) is 11.8 Å². The van der Waals surface area contributed by atoms with E-state index in [1.54, 1.807) is 0 Å². The van der Waals surface area contributed by atoms with Gasteiger partial charge in [-0.25, -0.2) is 9.97 Å². The number of nitrogens with one attached hydrogen (secondary N) is 1. The summed E-state index contributed by atoms with van der Waals surface area (Å²) in [7, 11) is 0. The van der Waals surface area contributed by atoms with Gasteiger partial charge in [-0.3, -0.25) is 4.79 Å². The van der Waals surface area contributed by atoms with E-state index in [4.69, 9.17) is 0 Å². The molecule has 0 bridgehead atoms. The number of hydrogen-bond acceptors (Lipinski definition) is 4. The fourth-order valence-corrected chi connectivity index (χ4v) is 2.47. The predicted octanol–water partition coefficient (Wildman–Crippen LogP) is 3.07. The lowest BCUT2D eigenvalue weighted by Gasteiger charge is -2.11. The molecule has 1 amide bonds. The Kier molecular flexibility index (Phi) is 4.16. The minimum Gasteiger partial charge on any atom is -0.322 e. The van der Waals surface area contributed by atoms with E-state index in [2.05, 4.69) is 15.3 Å².